The first-order valence-corrected chi connectivity index (χ1v) is 11.7. The molecule has 6 nitrogen and oxygen atoms in total. The molecule has 0 saturated carbocycles. The van der Waals surface area contributed by atoms with Crippen LogP contribution in [0.2, 0.25) is 0 Å². The number of halogens is 1. The Labute approximate surface area is 204 Å². The third kappa shape index (κ3) is 8.15. The summed E-state index contributed by atoms with van der Waals surface area (Å²) in [6.07, 6.45) is 5.08. The molecule has 0 aliphatic carbocycles. The predicted octanol–water partition coefficient (Wildman–Crippen LogP) is 5.44. The van der Waals surface area contributed by atoms with Crippen LogP contribution in [0.25, 0.3) is 16.0 Å². The van der Waals surface area contributed by atoms with E-state index >= 15 is 0 Å². The number of aromatic nitrogens is 2. The van der Waals surface area contributed by atoms with E-state index in [1.54, 1.807) is 79.3 Å². The molecule has 4 aromatic rings. The SMILES string of the molecule is Cc1ccc(S(=O)(=O)[N-]c2ccccc2-c2cc(CO)ccn2)cc1.[F][Pd+].c1ccncc1. The number of pyridine rings is 2. The van der Waals surface area contributed by atoms with Gasteiger partial charge in [-0.3, -0.25) is 9.97 Å². The van der Waals surface area contributed by atoms with Crippen molar-refractivity contribution >= 4 is 15.7 Å². The van der Waals surface area contributed by atoms with E-state index in [4.69, 9.17) is 0 Å². The van der Waals surface area contributed by atoms with Crippen LogP contribution in [0.15, 0.2) is 102 Å². The smallest absolute Gasteiger partial charge is 0.0267 e. The van der Waals surface area contributed by atoms with Gasteiger partial charge in [-0.25, -0.2) is 8.42 Å². The summed E-state index contributed by atoms with van der Waals surface area (Å²) in [6.45, 7) is 1.78. The third-order valence-electron chi connectivity index (χ3n) is 4.29. The second kappa shape index (κ2) is 13.6. The molecule has 174 valence electrons. The number of sulfonamides is 1. The van der Waals surface area contributed by atoms with Crippen LogP contribution >= 0.6 is 0 Å². The second-order valence-electron chi connectivity index (χ2n) is 6.63. The maximum absolute atomic E-state index is 12.6. The molecule has 4 rings (SSSR count). The molecule has 33 heavy (non-hydrogen) atoms. The Morgan fingerprint density at radius 1 is 0.909 bits per heavy atom. The van der Waals surface area contributed by atoms with Gasteiger partial charge < -0.3 is 9.83 Å². The minimum atomic E-state index is -3.83. The molecule has 1 N–H and O–H groups in total. The van der Waals surface area contributed by atoms with Gasteiger partial charge in [-0.2, -0.15) is 0 Å². The molecule has 2 aromatic carbocycles. The van der Waals surface area contributed by atoms with Crippen LogP contribution in [-0.2, 0) is 36.3 Å². The Bertz CT molecular complexity index is 1200. The summed E-state index contributed by atoms with van der Waals surface area (Å²) in [4.78, 5) is 8.19. The first-order chi connectivity index (χ1) is 16.0. The summed E-state index contributed by atoms with van der Waals surface area (Å²) in [5.41, 5.74) is 3.13. The van der Waals surface area contributed by atoms with Crippen LogP contribution in [0.4, 0.5) is 8.91 Å². The number of aliphatic hydroxyl groups is 1. The van der Waals surface area contributed by atoms with Gasteiger partial charge in [0.1, 0.15) is 10.0 Å². The maximum Gasteiger partial charge on any atom is 0.0267 e. The van der Waals surface area contributed by atoms with Crippen molar-refractivity contribution in [2.24, 2.45) is 0 Å². The standard InChI is InChI=1S/C19H17N2O3S.C5H5N.FH.Pd/c1-14-6-8-16(9-7-14)25(23,24)21-18-5-3-2-4-17(18)19-12-15(13-22)10-11-20-19;1-2-4-6-5-3-1;;/h2-12,22H,13H2,1H3;1-5H;1H;/q-1;;;+2/p-1. The van der Waals surface area contributed by atoms with E-state index in [2.05, 4.69) is 14.7 Å². The molecule has 2 heterocycles. The molecule has 0 saturated heterocycles. The van der Waals surface area contributed by atoms with Crippen LogP contribution in [-0.4, -0.2) is 23.5 Å². The van der Waals surface area contributed by atoms with Crippen molar-refractivity contribution in [1.82, 2.24) is 9.97 Å². The molecule has 0 atom stereocenters. The normalized spacial score (nSPS) is 10.2. The van der Waals surface area contributed by atoms with Gasteiger partial charge in [0.15, 0.2) is 0 Å². The van der Waals surface area contributed by atoms with Gasteiger partial charge in [0.25, 0.3) is 0 Å². The van der Waals surface area contributed by atoms with Crippen molar-refractivity contribution in [2.45, 2.75) is 18.4 Å². The molecule has 0 amide bonds. The van der Waals surface area contributed by atoms with Crippen LogP contribution in [0.5, 0.6) is 0 Å². The molecule has 0 spiro atoms. The van der Waals surface area contributed by atoms with E-state index in [-0.39, 0.29) is 11.5 Å². The van der Waals surface area contributed by atoms with E-state index in [0.29, 0.717) is 22.5 Å². The Morgan fingerprint density at radius 3 is 2.15 bits per heavy atom. The molecule has 0 bridgehead atoms. The molecule has 0 fully saturated rings. The fourth-order valence-electron chi connectivity index (χ4n) is 2.69. The van der Waals surface area contributed by atoms with E-state index in [1.165, 1.54) is 19.7 Å². The Kier molecular flexibility index (Phi) is 10.8. The fourth-order valence-corrected chi connectivity index (χ4v) is 3.70. The minimum absolute atomic E-state index is 0.115. The molecular formula is C24H22FN3O3PdS. The number of nitrogens with zero attached hydrogens (tertiary/aromatic N) is 3. The number of aryl methyl sites for hydroxylation is 1. The van der Waals surface area contributed by atoms with Gasteiger partial charge in [-0.1, -0.05) is 48.0 Å². The Balaban J connectivity index is 0.000000411. The number of benzene rings is 2. The first kappa shape index (κ1) is 26.3. The summed E-state index contributed by atoms with van der Waals surface area (Å²) >= 11 is 1.25. The van der Waals surface area contributed by atoms with E-state index in [1.807, 2.05) is 25.1 Å². The molecule has 2 aromatic heterocycles. The zero-order chi connectivity index (χ0) is 24.1. The van der Waals surface area contributed by atoms with Crippen molar-refractivity contribution in [1.29, 1.82) is 0 Å². The molecule has 0 unspecified atom stereocenters. The van der Waals surface area contributed by atoms with Crippen molar-refractivity contribution < 1.29 is 36.5 Å². The molecule has 0 aliphatic rings. The van der Waals surface area contributed by atoms with Gasteiger partial charge in [0, 0.05) is 18.6 Å². The van der Waals surface area contributed by atoms with Gasteiger partial charge >= 0.3 is 22.9 Å². The van der Waals surface area contributed by atoms with Gasteiger partial charge in [0.05, 0.1) is 17.2 Å². The first-order valence-electron chi connectivity index (χ1n) is 9.66. The number of hydrogen-bond donors (Lipinski definition) is 1. The summed E-state index contributed by atoms with van der Waals surface area (Å²) < 4.78 is 38.5. The monoisotopic (exact) mass is 557 g/mol. The van der Waals surface area contributed by atoms with Crippen molar-refractivity contribution in [3.63, 3.8) is 0 Å². The third-order valence-corrected chi connectivity index (χ3v) is 5.60. The average molecular weight is 558 g/mol. The van der Waals surface area contributed by atoms with Crippen LogP contribution < -0.4 is 0 Å². The van der Waals surface area contributed by atoms with Crippen LogP contribution in [0.3, 0.4) is 0 Å². The van der Waals surface area contributed by atoms with Crippen molar-refractivity contribution in [3.8, 4) is 11.3 Å². The van der Waals surface area contributed by atoms with E-state index in [9.17, 15) is 16.7 Å². The fraction of sp³-hybridized carbons (Fsp3) is 0.0833. The second-order valence-corrected chi connectivity index (χ2v) is 8.23. The topological polar surface area (TPSA) is 94.2 Å². The van der Waals surface area contributed by atoms with Gasteiger partial charge in [0.2, 0.25) is 0 Å². The predicted molar refractivity (Wildman–Crippen MR) is 122 cm³/mol. The largest absolute Gasteiger partial charge is 0.265 e. The average Bonchev–Trinajstić information content (AvgIpc) is 2.87. The summed E-state index contributed by atoms with van der Waals surface area (Å²) in [5.74, 6) is 0. The van der Waals surface area contributed by atoms with Crippen molar-refractivity contribution in [3.05, 3.63) is 113 Å². The van der Waals surface area contributed by atoms with Crippen LogP contribution in [0, 0.1) is 6.92 Å². The Hall–Kier alpha value is -2.96. The quantitative estimate of drug-likeness (QED) is 0.330. The van der Waals surface area contributed by atoms with Crippen LogP contribution in [0.1, 0.15) is 11.1 Å². The number of rotatable bonds is 5. The van der Waals surface area contributed by atoms with Crippen molar-refractivity contribution in [2.75, 3.05) is 0 Å². The van der Waals surface area contributed by atoms with E-state index in [0.717, 1.165) is 5.56 Å². The minimum Gasteiger partial charge on any atom is -0.265 e. The number of aliphatic hydroxyl groups excluding tert-OH is 1. The van der Waals surface area contributed by atoms with Gasteiger partial charge in [-0.15, -0.1) is 5.69 Å². The summed E-state index contributed by atoms with van der Waals surface area (Å²) in [6, 6.07) is 22.6. The molecule has 0 aliphatic heterocycles. The maximum atomic E-state index is 12.6. The molecule has 9 heteroatoms. The molecule has 0 radical (unpaired) electrons. The Morgan fingerprint density at radius 2 is 1.58 bits per heavy atom. The van der Waals surface area contributed by atoms with E-state index < -0.39 is 10.0 Å². The van der Waals surface area contributed by atoms with Gasteiger partial charge in [-0.05, 0) is 54.4 Å². The zero-order valence-corrected chi connectivity index (χ0v) is 20.0. The number of hydrogen-bond acceptors (Lipinski definition) is 5. The summed E-state index contributed by atoms with van der Waals surface area (Å²) in [7, 11) is -3.83. The summed E-state index contributed by atoms with van der Waals surface area (Å²) in [5, 5.41) is 9.29. The molecular weight excluding hydrogens is 536 g/mol. The zero-order valence-electron chi connectivity index (χ0n) is 17.7.